The van der Waals surface area contributed by atoms with Crippen molar-refractivity contribution >= 4 is 26.1 Å². The molecule has 3 heteroatoms. The van der Waals surface area contributed by atoms with E-state index >= 15 is 0 Å². The van der Waals surface area contributed by atoms with E-state index in [2.05, 4.69) is 0 Å². The molecule has 0 bridgehead atoms. The summed E-state index contributed by atoms with van der Waals surface area (Å²) in [4.78, 5) is 0. The van der Waals surface area contributed by atoms with Gasteiger partial charge in [-0.1, -0.05) is 0 Å². The van der Waals surface area contributed by atoms with Crippen LogP contribution >= 0.6 is 0 Å². The number of nitriles is 1. The van der Waals surface area contributed by atoms with Gasteiger partial charge in [-0.05, 0) is 0 Å². The number of rotatable bonds is 0. The molecule has 0 saturated heterocycles. The van der Waals surface area contributed by atoms with E-state index in [4.69, 9.17) is 5.26 Å². The van der Waals surface area contributed by atoms with E-state index < -0.39 is 0 Å². The third-order valence-corrected chi connectivity index (χ3v) is 0. The van der Waals surface area contributed by atoms with E-state index in [9.17, 15) is 0 Å². The third kappa shape index (κ3) is 123. The van der Waals surface area contributed by atoms with E-state index in [0.29, 0.717) is 0 Å². The Hall–Kier alpha value is 0.152. The van der Waals surface area contributed by atoms with Crippen molar-refractivity contribution in [3.8, 4) is 4.74 Å². The van der Waals surface area contributed by atoms with Crippen molar-refractivity contribution in [2.75, 3.05) is 0 Å². The van der Waals surface area contributed by atoms with Crippen molar-refractivity contribution in [3.63, 3.8) is 0 Å². The molecule has 16 valence electrons. The topological polar surface area (TPSA) is 23.8 Å². The summed E-state index contributed by atoms with van der Waals surface area (Å²) in [5.74, 6) is 0. The Bertz CT molecular complexity index is 33.1. The Kier molecular flexibility index (Phi) is 24.5. The zero-order chi connectivity index (χ0) is 2.71. The average molecular weight is 47.8 g/mol. The summed E-state index contributed by atoms with van der Waals surface area (Å²) >= 11 is 1.43. The van der Waals surface area contributed by atoms with E-state index in [-0.39, 0.29) is 9.84 Å². The molecule has 0 N–H and O–H groups in total. The fourth-order valence-electron chi connectivity index (χ4n) is 0. The zero-order valence-electron chi connectivity index (χ0n) is 2.95. The van der Waals surface area contributed by atoms with Crippen LogP contribution in [0.1, 0.15) is 1.43 Å². The molecule has 4 heavy (non-hydrogen) atoms. The molecule has 0 aromatic carbocycles. The van der Waals surface area contributed by atoms with Crippen molar-refractivity contribution in [3.05, 3.63) is 0 Å². The molecular weight excluding hydrogens is 43.8 g/mol. The maximum atomic E-state index is 7.32. The second-order valence-electron chi connectivity index (χ2n) is 0.224. The van der Waals surface area contributed by atoms with Crippen LogP contribution in [0, 0.1) is 10.0 Å². The van der Waals surface area contributed by atoms with E-state index in [1.807, 2.05) is 0 Å². The van der Waals surface area contributed by atoms with Crippen LogP contribution in [0.25, 0.3) is 0 Å². The molecule has 0 saturated carbocycles. The van der Waals surface area contributed by atoms with Crippen molar-refractivity contribution in [2.45, 2.75) is 0 Å². The Balaban J connectivity index is -0.0000000200. The Morgan fingerprint density at radius 1 is 2.00 bits per heavy atom. The second kappa shape index (κ2) is 11.0. The van der Waals surface area contributed by atoms with Crippen LogP contribution in [0.4, 0.5) is 0 Å². The molecule has 0 spiro atoms. The van der Waals surface area contributed by atoms with Gasteiger partial charge in [0.1, 0.15) is 0 Å². The van der Waals surface area contributed by atoms with Crippen molar-refractivity contribution in [1.82, 2.24) is 0 Å². The first-order valence-corrected chi connectivity index (χ1v) is 0.724. The molecule has 0 atom stereocenters. The molecule has 0 heterocycles. The molecule has 0 aliphatic heterocycles. The van der Waals surface area contributed by atoms with Crippen molar-refractivity contribution in [1.29, 1.82) is 5.26 Å². The molecule has 0 aliphatic rings. The fourth-order valence-corrected chi connectivity index (χ4v) is 0. The van der Waals surface area contributed by atoms with Crippen LogP contribution in [-0.2, 0) is 0 Å². The van der Waals surface area contributed by atoms with Crippen LogP contribution in [-0.4, -0.2) is 26.1 Å². The first-order chi connectivity index (χ1) is 1.41. The predicted molar refractivity (Wildman–Crippen MR) is 22.4 cm³/mol. The van der Waals surface area contributed by atoms with Gasteiger partial charge in [0, 0.05) is 0 Å². The molecule has 0 aromatic heterocycles. The monoisotopic (exact) mass is 48.1 g/mol. The van der Waals surface area contributed by atoms with Crippen LogP contribution in [0.15, 0.2) is 0 Å². The van der Waals surface area contributed by atoms with Gasteiger partial charge >= 0.3 is 29.1 Å². The summed E-state index contributed by atoms with van der Waals surface area (Å²) in [5, 5.41) is 7.32. The Morgan fingerprint density at radius 3 is 2.00 bits per heavy atom. The van der Waals surface area contributed by atoms with Crippen molar-refractivity contribution < 1.29 is 1.43 Å². The van der Waals surface area contributed by atoms with Crippen LogP contribution < -0.4 is 0 Å². The molecule has 0 aliphatic carbocycles. The molecule has 0 unspecified atom stereocenters. The summed E-state index contributed by atoms with van der Waals surface area (Å²) < 4.78 is 1.75. The molecule has 0 rings (SSSR count). The minimum absolute atomic E-state index is 0. The van der Waals surface area contributed by atoms with Gasteiger partial charge in [0.2, 0.25) is 0 Å². The maximum absolute atomic E-state index is 7.32. The van der Waals surface area contributed by atoms with Gasteiger partial charge in [-0.15, -0.1) is 0 Å². The quantitative estimate of drug-likeness (QED) is 0.307. The number of hydrogen-bond acceptors (Lipinski definition) is 1. The number of nitrogens with zero attached hydrogens (tertiary/aromatic N) is 1. The van der Waals surface area contributed by atoms with Crippen molar-refractivity contribution in [2.24, 2.45) is 0 Å². The number of hydrogen-bond donors (Lipinski definition) is 0. The van der Waals surface area contributed by atoms with Gasteiger partial charge < -0.3 is 0 Å². The molecular formula is CH4BLiN+. The molecule has 0 amide bonds. The van der Waals surface area contributed by atoms with Gasteiger partial charge in [0.15, 0.2) is 0 Å². The first kappa shape index (κ1) is 8.91. The Morgan fingerprint density at radius 2 is 2.00 bits per heavy atom. The molecule has 1 nitrogen and oxygen atoms in total. The van der Waals surface area contributed by atoms with Gasteiger partial charge in [0.25, 0.3) is 0 Å². The van der Waals surface area contributed by atoms with E-state index in [0.717, 1.165) is 0 Å². The van der Waals surface area contributed by atoms with E-state index in [1.54, 1.807) is 4.74 Å². The summed E-state index contributed by atoms with van der Waals surface area (Å²) in [6.07, 6.45) is 0. The summed E-state index contributed by atoms with van der Waals surface area (Å²) in [7, 11) is 0. The minimum atomic E-state index is 0. The standard InChI is InChI=1S/CN.BH3.Li/c1-2;;/h;1H3;/p+1. The van der Waals surface area contributed by atoms with Gasteiger partial charge in [-0.25, -0.2) is 0 Å². The summed E-state index contributed by atoms with van der Waals surface area (Å²) in [6, 6.07) is 0. The third-order valence-electron chi connectivity index (χ3n) is 0. The fraction of sp³-hybridized carbons (Fsp3) is 0. The first-order valence-electron chi connectivity index (χ1n) is 0.724. The second-order valence-corrected chi connectivity index (χ2v) is 0.224. The predicted octanol–water partition coefficient (Wildman–Crippen LogP) is -1.44. The van der Waals surface area contributed by atoms with Crippen LogP contribution in [0.2, 0.25) is 0 Å². The SMILES string of the molecule is B.[H+].[Li][C]#N. The van der Waals surface area contributed by atoms with Crippen LogP contribution in [0.3, 0.4) is 0 Å². The van der Waals surface area contributed by atoms with Gasteiger partial charge in [-0.3, -0.25) is 0 Å². The van der Waals surface area contributed by atoms with Gasteiger partial charge in [-0.2, -0.15) is 0 Å². The summed E-state index contributed by atoms with van der Waals surface area (Å²) in [5.41, 5.74) is 0. The van der Waals surface area contributed by atoms with E-state index in [1.165, 1.54) is 17.7 Å². The average Bonchev–Trinajstić information content (AvgIpc) is 0.918. The summed E-state index contributed by atoms with van der Waals surface area (Å²) in [6.45, 7) is 0. The molecule has 0 fully saturated rings. The zero-order valence-corrected chi connectivity index (χ0v) is 1.95. The molecule has 0 aromatic rings. The molecule has 0 radical (unpaired) electrons. The van der Waals surface area contributed by atoms with Gasteiger partial charge in [0.05, 0.1) is 8.41 Å². The normalized spacial score (nSPS) is 2.25. The Labute approximate surface area is 38.3 Å². The van der Waals surface area contributed by atoms with Crippen LogP contribution in [0.5, 0.6) is 0 Å².